The maximum absolute atomic E-state index is 12.6. The minimum Gasteiger partial charge on any atom is -0.504 e. The van der Waals surface area contributed by atoms with Crippen LogP contribution in [0.1, 0.15) is 6.92 Å². The molecule has 1 fully saturated rings. The lowest BCUT2D eigenvalue weighted by atomic mass is 10.00. The van der Waals surface area contributed by atoms with Crippen LogP contribution in [-0.4, -0.2) is 61.3 Å². The van der Waals surface area contributed by atoms with Crippen molar-refractivity contribution in [2.75, 3.05) is 0 Å². The summed E-state index contributed by atoms with van der Waals surface area (Å²) in [6, 6.07) is 1.98. The molecule has 2 aromatic carbocycles. The van der Waals surface area contributed by atoms with Crippen molar-refractivity contribution in [1.82, 2.24) is 0 Å². The molecule has 5 rings (SSSR count). The van der Waals surface area contributed by atoms with Crippen molar-refractivity contribution in [3.05, 3.63) is 33.0 Å². The van der Waals surface area contributed by atoms with Crippen LogP contribution >= 0.6 is 0 Å². The molecule has 2 aromatic heterocycles. The van der Waals surface area contributed by atoms with Crippen LogP contribution in [0.25, 0.3) is 32.7 Å². The highest BCUT2D eigenvalue weighted by Crippen LogP contribution is 2.45. The molecule has 5 atom stereocenters. The largest absolute Gasteiger partial charge is 0.504 e. The molecule has 4 aromatic rings. The van der Waals surface area contributed by atoms with Crippen molar-refractivity contribution in [3.63, 3.8) is 0 Å². The average Bonchev–Trinajstić information content (AvgIpc) is 2.75. The van der Waals surface area contributed by atoms with Crippen LogP contribution in [0.3, 0.4) is 0 Å². The molecule has 0 amide bonds. The number of benzene rings is 2. The zero-order valence-corrected chi connectivity index (χ0v) is 16.2. The van der Waals surface area contributed by atoms with E-state index in [2.05, 4.69) is 0 Å². The number of hydrogen-bond donors (Lipinski definition) is 6. The van der Waals surface area contributed by atoms with Gasteiger partial charge < -0.3 is 48.9 Å². The van der Waals surface area contributed by atoms with Crippen molar-refractivity contribution in [3.8, 4) is 23.0 Å². The number of rotatable bonds is 2. The lowest BCUT2D eigenvalue weighted by molar-refractivity contribution is -0.268. The highest BCUT2D eigenvalue weighted by atomic mass is 16.7. The summed E-state index contributed by atoms with van der Waals surface area (Å²) in [5.74, 6) is -2.67. The first-order valence-corrected chi connectivity index (χ1v) is 9.40. The number of phenolic OH excluding ortho intramolecular Hbond substituents is 3. The molecule has 0 bridgehead atoms. The lowest BCUT2D eigenvalue weighted by Crippen LogP contribution is -2.58. The first-order valence-electron chi connectivity index (χ1n) is 9.40. The maximum Gasteiger partial charge on any atom is 0.344 e. The van der Waals surface area contributed by atoms with Gasteiger partial charge in [0.05, 0.1) is 16.9 Å². The predicted octanol–water partition coefficient (Wildman–Crippen LogP) is -0.187. The zero-order valence-electron chi connectivity index (χ0n) is 16.2. The molecule has 3 heterocycles. The second kappa shape index (κ2) is 6.71. The Balaban J connectivity index is 1.76. The van der Waals surface area contributed by atoms with E-state index in [4.69, 9.17) is 18.3 Å². The first-order chi connectivity index (χ1) is 15.1. The fourth-order valence-electron chi connectivity index (χ4n) is 3.90. The molecule has 12 heteroatoms. The number of aliphatic hydroxyl groups is 3. The molecule has 32 heavy (non-hydrogen) atoms. The number of aromatic hydroxyl groups is 3. The molecule has 0 spiro atoms. The number of ether oxygens (including phenoxy) is 2. The number of hydrogen-bond acceptors (Lipinski definition) is 12. The second-order valence-corrected chi connectivity index (χ2v) is 7.55. The van der Waals surface area contributed by atoms with Gasteiger partial charge in [0.1, 0.15) is 18.3 Å². The van der Waals surface area contributed by atoms with E-state index < -0.39 is 76.1 Å². The monoisotopic (exact) mass is 448 g/mol. The van der Waals surface area contributed by atoms with Gasteiger partial charge in [-0.15, -0.1) is 0 Å². The van der Waals surface area contributed by atoms with Crippen LogP contribution in [0.4, 0.5) is 0 Å². The van der Waals surface area contributed by atoms with Gasteiger partial charge in [0.25, 0.3) is 0 Å². The highest BCUT2D eigenvalue weighted by Gasteiger charge is 2.43. The summed E-state index contributed by atoms with van der Waals surface area (Å²) in [4.78, 5) is 25.1. The summed E-state index contributed by atoms with van der Waals surface area (Å²) in [6.07, 6.45) is -7.21. The molecule has 1 aliphatic heterocycles. The molecule has 1 saturated heterocycles. The molecular formula is C20H16O12. The van der Waals surface area contributed by atoms with Gasteiger partial charge in [0.2, 0.25) is 17.8 Å². The Morgan fingerprint density at radius 1 is 0.812 bits per heavy atom. The third-order valence-electron chi connectivity index (χ3n) is 5.59. The van der Waals surface area contributed by atoms with E-state index in [9.17, 15) is 40.2 Å². The van der Waals surface area contributed by atoms with E-state index in [1.807, 2.05) is 0 Å². The van der Waals surface area contributed by atoms with Crippen LogP contribution < -0.4 is 16.0 Å². The van der Waals surface area contributed by atoms with Gasteiger partial charge in [-0.3, -0.25) is 0 Å². The fraction of sp³-hybridized carbons (Fsp3) is 0.300. The molecule has 0 unspecified atom stereocenters. The van der Waals surface area contributed by atoms with Crippen LogP contribution in [0.2, 0.25) is 0 Å². The third kappa shape index (κ3) is 2.64. The minimum atomic E-state index is -1.71. The van der Waals surface area contributed by atoms with Gasteiger partial charge in [-0.1, -0.05) is 0 Å². The standard InChI is InChI=1S/C20H16O12/c1-4-11(22)14(25)15(26)20(29-4)30-8-3-6-10-9-5(18(27)32-17(10)13(8)24)2-7(21)12(23)16(9)31-19(6)28/h2-4,11,14-15,20-26H,1H3/t4-,11-,14+,15+,20+/m1/s1. The Labute approximate surface area is 176 Å². The summed E-state index contributed by atoms with van der Waals surface area (Å²) in [6.45, 7) is 1.42. The van der Waals surface area contributed by atoms with Gasteiger partial charge >= 0.3 is 11.3 Å². The Bertz CT molecular complexity index is 1480. The lowest BCUT2D eigenvalue weighted by Gasteiger charge is -2.38. The molecule has 0 aliphatic carbocycles. The maximum atomic E-state index is 12.6. The molecule has 0 radical (unpaired) electrons. The van der Waals surface area contributed by atoms with E-state index in [0.717, 1.165) is 12.1 Å². The Morgan fingerprint density at radius 2 is 1.38 bits per heavy atom. The van der Waals surface area contributed by atoms with E-state index in [1.165, 1.54) is 6.92 Å². The summed E-state index contributed by atoms with van der Waals surface area (Å²) >= 11 is 0. The summed E-state index contributed by atoms with van der Waals surface area (Å²) < 4.78 is 21.0. The quantitative estimate of drug-likeness (QED) is 0.134. The Kier molecular flexibility index (Phi) is 4.26. The first kappa shape index (κ1) is 20.3. The normalized spacial score (nSPS) is 26.3. The zero-order chi connectivity index (χ0) is 23.1. The fourth-order valence-corrected chi connectivity index (χ4v) is 3.90. The number of aliphatic hydroxyl groups excluding tert-OH is 3. The summed E-state index contributed by atoms with van der Waals surface area (Å²) in [5.41, 5.74) is -2.98. The second-order valence-electron chi connectivity index (χ2n) is 7.55. The smallest absolute Gasteiger partial charge is 0.344 e. The molecule has 12 nitrogen and oxygen atoms in total. The molecule has 1 aliphatic rings. The van der Waals surface area contributed by atoms with Crippen molar-refractivity contribution in [2.24, 2.45) is 0 Å². The van der Waals surface area contributed by atoms with E-state index in [1.54, 1.807) is 0 Å². The predicted molar refractivity (Wildman–Crippen MR) is 105 cm³/mol. The van der Waals surface area contributed by atoms with E-state index >= 15 is 0 Å². The van der Waals surface area contributed by atoms with Gasteiger partial charge in [0.15, 0.2) is 22.7 Å². The van der Waals surface area contributed by atoms with Crippen molar-refractivity contribution in [1.29, 1.82) is 0 Å². The van der Waals surface area contributed by atoms with Gasteiger partial charge in [-0.05, 0) is 19.1 Å². The Morgan fingerprint density at radius 3 is 2.00 bits per heavy atom. The minimum absolute atomic E-state index is 0.0656. The molecule has 6 N–H and O–H groups in total. The van der Waals surface area contributed by atoms with Crippen LogP contribution in [0, 0.1) is 0 Å². The third-order valence-corrected chi connectivity index (χ3v) is 5.59. The molecular weight excluding hydrogens is 432 g/mol. The van der Waals surface area contributed by atoms with Crippen LogP contribution in [0.15, 0.2) is 30.6 Å². The highest BCUT2D eigenvalue weighted by molar-refractivity contribution is 6.22. The SMILES string of the molecule is C[C@H]1O[C@@H](Oc2cc3c(=O)oc4c(O)c(O)cc5c(=O)oc(c2O)c3c45)[C@@H](O)[C@@H](O)[C@@H]1O. The van der Waals surface area contributed by atoms with Crippen LogP contribution in [0.5, 0.6) is 23.0 Å². The van der Waals surface area contributed by atoms with E-state index in [-0.39, 0.29) is 21.5 Å². The summed E-state index contributed by atoms with van der Waals surface area (Å²) in [7, 11) is 0. The van der Waals surface area contributed by atoms with Crippen molar-refractivity contribution < 1.29 is 48.9 Å². The summed E-state index contributed by atoms with van der Waals surface area (Å²) in [5, 5.41) is 60.0. The van der Waals surface area contributed by atoms with Crippen molar-refractivity contribution >= 4 is 32.7 Å². The Hall–Kier alpha value is -3.58. The number of phenols is 3. The van der Waals surface area contributed by atoms with Gasteiger partial charge in [-0.25, -0.2) is 9.59 Å². The van der Waals surface area contributed by atoms with Crippen molar-refractivity contribution in [2.45, 2.75) is 37.6 Å². The van der Waals surface area contributed by atoms with Crippen LogP contribution in [-0.2, 0) is 4.74 Å². The topological polar surface area (TPSA) is 200 Å². The molecule has 168 valence electrons. The molecule has 0 saturated carbocycles. The van der Waals surface area contributed by atoms with Gasteiger partial charge in [0, 0.05) is 10.8 Å². The van der Waals surface area contributed by atoms with Gasteiger partial charge in [-0.2, -0.15) is 0 Å². The van der Waals surface area contributed by atoms with E-state index in [0.29, 0.717) is 0 Å². The average molecular weight is 448 g/mol.